The van der Waals surface area contributed by atoms with Gasteiger partial charge in [-0.1, -0.05) is 6.92 Å². The zero-order chi connectivity index (χ0) is 12.0. The number of pyridine rings is 1. The molecular weight excluding hydrogens is 268 g/mol. The predicted octanol–water partition coefficient (Wildman–Crippen LogP) is 2.38. The van der Waals surface area contributed by atoms with Crippen molar-refractivity contribution in [1.82, 2.24) is 10.3 Å². The van der Waals surface area contributed by atoms with E-state index in [2.05, 4.69) is 32.2 Å². The summed E-state index contributed by atoms with van der Waals surface area (Å²) in [5, 5.41) is 2.85. The number of nitrogens with one attached hydrogen (secondary N) is 1. The number of amides is 1. The van der Waals surface area contributed by atoms with Crippen LogP contribution in [0.1, 0.15) is 30.3 Å². The van der Waals surface area contributed by atoms with Gasteiger partial charge in [0.15, 0.2) is 0 Å². The molecule has 0 saturated heterocycles. The Bertz CT molecular complexity index is 412. The van der Waals surface area contributed by atoms with Crippen molar-refractivity contribution in [2.45, 2.75) is 25.8 Å². The summed E-state index contributed by atoms with van der Waals surface area (Å²) < 4.78 is 0.683. The maximum Gasteiger partial charge on any atom is 0.271 e. The van der Waals surface area contributed by atoms with Gasteiger partial charge in [0.1, 0.15) is 5.69 Å². The molecule has 4 heteroatoms. The molecular formula is C12H13BrN2O. The van der Waals surface area contributed by atoms with Crippen molar-refractivity contribution >= 4 is 21.8 Å². The van der Waals surface area contributed by atoms with Crippen molar-refractivity contribution in [3.8, 4) is 12.3 Å². The van der Waals surface area contributed by atoms with Crippen LogP contribution in [0.15, 0.2) is 22.8 Å². The minimum atomic E-state index is -0.199. The van der Waals surface area contributed by atoms with E-state index >= 15 is 0 Å². The van der Waals surface area contributed by atoms with E-state index in [4.69, 9.17) is 6.42 Å². The van der Waals surface area contributed by atoms with Crippen molar-refractivity contribution in [3.05, 3.63) is 28.5 Å². The molecule has 1 heterocycles. The third-order valence-electron chi connectivity index (χ3n) is 2.17. The second-order valence-corrected chi connectivity index (χ2v) is 4.18. The van der Waals surface area contributed by atoms with Gasteiger partial charge in [0.2, 0.25) is 0 Å². The average molecular weight is 281 g/mol. The monoisotopic (exact) mass is 280 g/mol. The van der Waals surface area contributed by atoms with Crippen LogP contribution in [0.5, 0.6) is 0 Å². The second kappa shape index (κ2) is 6.29. The topological polar surface area (TPSA) is 42.0 Å². The summed E-state index contributed by atoms with van der Waals surface area (Å²) in [5.74, 6) is 2.34. The molecule has 84 valence electrons. The van der Waals surface area contributed by atoms with Gasteiger partial charge in [-0.15, -0.1) is 12.3 Å². The molecule has 1 aromatic rings. The van der Waals surface area contributed by atoms with Crippen molar-refractivity contribution < 1.29 is 4.79 Å². The van der Waals surface area contributed by atoms with E-state index < -0.39 is 0 Å². The maximum atomic E-state index is 11.8. The van der Waals surface area contributed by atoms with E-state index in [0.29, 0.717) is 16.6 Å². The minimum Gasteiger partial charge on any atom is -0.347 e. The van der Waals surface area contributed by atoms with Crippen LogP contribution in [0, 0.1) is 12.3 Å². The molecule has 1 rings (SSSR count). The SMILES string of the molecule is C#CCC(CC)NC(=O)c1ncccc1Br. The third-order valence-corrected chi connectivity index (χ3v) is 2.81. The summed E-state index contributed by atoms with van der Waals surface area (Å²) in [6, 6.07) is 3.55. The summed E-state index contributed by atoms with van der Waals surface area (Å²) >= 11 is 3.28. The summed E-state index contributed by atoms with van der Waals surface area (Å²) in [6.07, 6.45) is 8.15. The van der Waals surface area contributed by atoms with Gasteiger partial charge in [-0.2, -0.15) is 0 Å². The van der Waals surface area contributed by atoms with Crippen LogP contribution in [0.25, 0.3) is 0 Å². The molecule has 0 aliphatic rings. The molecule has 0 radical (unpaired) electrons. The van der Waals surface area contributed by atoms with E-state index in [1.165, 1.54) is 0 Å². The highest BCUT2D eigenvalue weighted by atomic mass is 79.9. The summed E-state index contributed by atoms with van der Waals surface area (Å²) in [7, 11) is 0. The van der Waals surface area contributed by atoms with E-state index in [1.54, 1.807) is 18.3 Å². The first-order valence-electron chi connectivity index (χ1n) is 5.03. The van der Waals surface area contributed by atoms with Crippen LogP contribution in [0.4, 0.5) is 0 Å². The molecule has 0 bridgehead atoms. The standard InChI is InChI=1S/C12H13BrN2O/c1-3-6-9(4-2)15-12(16)11-10(13)7-5-8-14-11/h1,5,7-9H,4,6H2,2H3,(H,15,16). The van der Waals surface area contributed by atoms with Crippen LogP contribution in [-0.4, -0.2) is 16.9 Å². The smallest absolute Gasteiger partial charge is 0.271 e. The molecule has 16 heavy (non-hydrogen) atoms. The number of aromatic nitrogens is 1. The lowest BCUT2D eigenvalue weighted by atomic mass is 10.1. The van der Waals surface area contributed by atoms with Gasteiger partial charge in [-0.3, -0.25) is 4.79 Å². The zero-order valence-electron chi connectivity index (χ0n) is 9.03. The number of carbonyl (C=O) groups excluding carboxylic acids is 1. The highest BCUT2D eigenvalue weighted by Gasteiger charge is 2.14. The van der Waals surface area contributed by atoms with Gasteiger partial charge < -0.3 is 5.32 Å². The number of hydrogen-bond acceptors (Lipinski definition) is 2. The van der Waals surface area contributed by atoms with Gasteiger partial charge in [0.25, 0.3) is 5.91 Å². The first-order valence-corrected chi connectivity index (χ1v) is 5.83. The Kier molecular flexibility index (Phi) is 5.00. The Morgan fingerprint density at radius 3 is 3.06 bits per heavy atom. The second-order valence-electron chi connectivity index (χ2n) is 3.32. The molecule has 0 aliphatic carbocycles. The third kappa shape index (κ3) is 3.35. The highest BCUT2D eigenvalue weighted by Crippen LogP contribution is 2.13. The number of terminal acetylenes is 1. The number of hydrogen-bond donors (Lipinski definition) is 1. The normalized spacial score (nSPS) is 11.6. The van der Waals surface area contributed by atoms with Gasteiger partial charge in [0, 0.05) is 23.1 Å². The number of nitrogens with zero attached hydrogens (tertiary/aromatic N) is 1. The fraction of sp³-hybridized carbons (Fsp3) is 0.333. The summed E-state index contributed by atoms with van der Waals surface area (Å²) in [6.45, 7) is 1.98. The molecule has 1 aromatic heterocycles. The maximum absolute atomic E-state index is 11.8. The molecule has 0 aromatic carbocycles. The van der Waals surface area contributed by atoms with Gasteiger partial charge >= 0.3 is 0 Å². The Labute approximate surface area is 104 Å². The van der Waals surface area contributed by atoms with Gasteiger partial charge in [-0.25, -0.2) is 4.98 Å². The average Bonchev–Trinajstić information content (AvgIpc) is 2.28. The molecule has 3 nitrogen and oxygen atoms in total. The van der Waals surface area contributed by atoms with E-state index in [9.17, 15) is 4.79 Å². The van der Waals surface area contributed by atoms with Gasteiger partial charge in [-0.05, 0) is 34.5 Å². The first kappa shape index (κ1) is 12.7. The number of rotatable bonds is 4. The molecule has 0 spiro atoms. The first-order chi connectivity index (χ1) is 7.69. The Balaban J connectivity index is 2.73. The van der Waals surface area contributed by atoms with E-state index in [0.717, 1.165) is 6.42 Å². The molecule has 0 saturated carbocycles. The molecule has 0 aliphatic heterocycles. The molecule has 1 amide bonds. The minimum absolute atomic E-state index is 0.00593. The summed E-state index contributed by atoms with van der Waals surface area (Å²) in [5.41, 5.74) is 0.387. The molecule has 0 fully saturated rings. The van der Waals surface area contributed by atoms with Gasteiger partial charge in [0.05, 0.1) is 0 Å². The lowest BCUT2D eigenvalue weighted by Crippen LogP contribution is -2.34. The van der Waals surface area contributed by atoms with E-state index in [1.807, 2.05) is 6.92 Å². The van der Waals surface area contributed by atoms with Crippen LogP contribution in [0.2, 0.25) is 0 Å². The molecule has 1 unspecified atom stereocenters. The van der Waals surface area contributed by atoms with Crippen molar-refractivity contribution in [2.24, 2.45) is 0 Å². The fourth-order valence-corrected chi connectivity index (χ4v) is 1.68. The summed E-state index contributed by atoms with van der Waals surface area (Å²) in [4.78, 5) is 15.9. The Morgan fingerprint density at radius 2 is 2.50 bits per heavy atom. The lowest BCUT2D eigenvalue weighted by molar-refractivity contribution is 0.0931. The largest absolute Gasteiger partial charge is 0.347 e. The molecule has 1 N–H and O–H groups in total. The van der Waals surface area contributed by atoms with Crippen molar-refractivity contribution in [2.75, 3.05) is 0 Å². The van der Waals surface area contributed by atoms with Crippen LogP contribution in [-0.2, 0) is 0 Å². The van der Waals surface area contributed by atoms with Crippen LogP contribution < -0.4 is 5.32 Å². The van der Waals surface area contributed by atoms with E-state index in [-0.39, 0.29) is 11.9 Å². The van der Waals surface area contributed by atoms with Crippen molar-refractivity contribution in [1.29, 1.82) is 0 Å². The highest BCUT2D eigenvalue weighted by molar-refractivity contribution is 9.10. The Hall–Kier alpha value is -1.34. The lowest BCUT2D eigenvalue weighted by Gasteiger charge is -2.14. The fourth-order valence-electron chi connectivity index (χ4n) is 1.25. The van der Waals surface area contributed by atoms with Crippen molar-refractivity contribution in [3.63, 3.8) is 0 Å². The Morgan fingerprint density at radius 1 is 1.75 bits per heavy atom. The number of carbonyl (C=O) groups is 1. The van der Waals surface area contributed by atoms with Crippen LogP contribution >= 0.6 is 15.9 Å². The quantitative estimate of drug-likeness (QED) is 0.861. The zero-order valence-corrected chi connectivity index (χ0v) is 10.6. The predicted molar refractivity (Wildman–Crippen MR) is 66.9 cm³/mol. The molecule has 1 atom stereocenters. The number of halogens is 1. The van der Waals surface area contributed by atoms with Crippen LogP contribution in [0.3, 0.4) is 0 Å².